The molecule has 6 N–H and O–H groups in total. The number of unbranched alkanes of at least 4 members (excludes halogenated alkanes) is 32. The van der Waals surface area contributed by atoms with Crippen LogP contribution in [0.2, 0.25) is 0 Å². The van der Waals surface area contributed by atoms with E-state index in [4.69, 9.17) is 14.2 Å². The van der Waals surface area contributed by atoms with Gasteiger partial charge in [-0.3, -0.25) is 9.59 Å². The van der Waals surface area contributed by atoms with E-state index in [9.17, 15) is 35.1 Å². The van der Waals surface area contributed by atoms with Crippen LogP contribution in [-0.2, 0) is 23.8 Å². The van der Waals surface area contributed by atoms with Crippen molar-refractivity contribution in [2.45, 2.75) is 327 Å². The van der Waals surface area contributed by atoms with Crippen molar-refractivity contribution in [1.82, 2.24) is 5.32 Å². The van der Waals surface area contributed by atoms with Gasteiger partial charge in [-0.25, -0.2) is 0 Å². The van der Waals surface area contributed by atoms with Crippen molar-refractivity contribution in [3.63, 3.8) is 0 Å². The van der Waals surface area contributed by atoms with Gasteiger partial charge in [-0.2, -0.15) is 0 Å². The van der Waals surface area contributed by atoms with Crippen molar-refractivity contribution in [1.29, 1.82) is 0 Å². The zero-order valence-corrected chi connectivity index (χ0v) is 48.9. The van der Waals surface area contributed by atoms with E-state index in [1.54, 1.807) is 6.08 Å². The highest BCUT2D eigenvalue weighted by Gasteiger charge is 2.47. The normalized spacial score (nSPS) is 19.5. The SMILES string of the molecule is CCCCC/C=C\C/C=C\CCCCCCCCCCCCC(O)C(=O)NC(COC1OC(CO)C(O)C(O)C1OC(=O)CCCCCCCC/C=C/C=C/CCCCC)C(O)/C=C/CCCCCCCCCCCC. The molecule has 0 aromatic carbocycles. The quantitative estimate of drug-likeness (QED) is 0.0149. The second-order valence-corrected chi connectivity index (χ2v) is 21.8. The Labute approximate surface area is 465 Å². The van der Waals surface area contributed by atoms with Crippen molar-refractivity contribution in [2.75, 3.05) is 13.2 Å². The lowest BCUT2D eigenvalue weighted by Crippen LogP contribution is -2.61. The summed E-state index contributed by atoms with van der Waals surface area (Å²) in [7, 11) is 0. The molecule has 0 aromatic rings. The van der Waals surface area contributed by atoms with Gasteiger partial charge in [0, 0.05) is 6.42 Å². The Balaban J connectivity index is 2.67. The summed E-state index contributed by atoms with van der Waals surface area (Å²) in [6.45, 7) is 5.73. The molecular formula is C65H117NO10. The number of aliphatic hydroxyl groups excluding tert-OH is 5. The van der Waals surface area contributed by atoms with E-state index in [2.05, 4.69) is 74.7 Å². The maximum absolute atomic E-state index is 13.4. The monoisotopic (exact) mass is 1070 g/mol. The molecule has 8 unspecified atom stereocenters. The van der Waals surface area contributed by atoms with Crippen molar-refractivity contribution in [2.24, 2.45) is 0 Å². The van der Waals surface area contributed by atoms with E-state index in [1.807, 2.05) is 6.08 Å². The maximum atomic E-state index is 13.4. The number of nitrogens with one attached hydrogen (secondary N) is 1. The highest BCUT2D eigenvalue weighted by atomic mass is 16.7. The lowest BCUT2D eigenvalue weighted by atomic mass is 9.99. The third kappa shape index (κ3) is 40.5. The van der Waals surface area contributed by atoms with Crippen LogP contribution in [-0.4, -0.2) is 99.6 Å². The van der Waals surface area contributed by atoms with Gasteiger partial charge in [-0.15, -0.1) is 0 Å². The van der Waals surface area contributed by atoms with Gasteiger partial charge in [-0.1, -0.05) is 248 Å². The summed E-state index contributed by atoms with van der Waals surface area (Å²) in [5.74, 6) is -1.21. The van der Waals surface area contributed by atoms with Crippen LogP contribution >= 0.6 is 0 Å². The molecule has 1 heterocycles. The highest BCUT2D eigenvalue weighted by Crippen LogP contribution is 2.26. The van der Waals surface area contributed by atoms with Crippen molar-refractivity contribution >= 4 is 11.9 Å². The van der Waals surface area contributed by atoms with Crippen molar-refractivity contribution in [3.8, 4) is 0 Å². The van der Waals surface area contributed by atoms with Crippen molar-refractivity contribution in [3.05, 3.63) is 60.8 Å². The number of amides is 1. The smallest absolute Gasteiger partial charge is 0.306 e. The topological polar surface area (TPSA) is 175 Å². The molecular weight excluding hydrogens is 955 g/mol. The Kier molecular flexibility index (Phi) is 49.8. The molecule has 1 aliphatic rings. The Hall–Kier alpha value is -2.64. The van der Waals surface area contributed by atoms with Crippen LogP contribution in [0.25, 0.3) is 0 Å². The Morgan fingerprint density at radius 1 is 0.526 bits per heavy atom. The lowest BCUT2D eigenvalue weighted by molar-refractivity contribution is -0.305. The Morgan fingerprint density at radius 3 is 1.45 bits per heavy atom. The van der Waals surface area contributed by atoms with Gasteiger partial charge in [0.15, 0.2) is 12.4 Å². The summed E-state index contributed by atoms with van der Waals surface area (Å²) in [6.07, 6.45) is 55.4. The predicted molar refractivity (Wildman–Crippen MR) is 315 cm³/mol. The Bertz CT molecular complexity index is 1460. The van der Waals surface area contributed by atoms with Gasteiger partial charge in [-0.05, 0) is 83.5 Å². The molecule has 1 saturated heterocycles. The molecule has 0 aliphatic carbocycles. The number of aliphatic hydroxyl groups is 5. The number of esters is 1. The molecule has 0 radical (unpaired) electrons. The van der Waals surface area contributed by atoms with Gasteiger partial charge in [0.25, 0.3) is 0 Å². The minimum absolute atomic E-state index is 0.110. The third-order valence-electron chi connectivity index (χ3n) is 14.7. The zero-order chi connectivity index (χ0) is 55.4. The van der Waals surface area contributed by atoms with E-state index < -0.39 is 67.4 Å². The molecule has 442 valence electrons. The number of carbonyl (C=O) groups excluding carboxylic acids is 2. The molecule has 11 nitrogen and oxygen atoms in total. The van der Waals surface area contributed by atoms with Gasteiger partial charge in [0.2, 0.25) is 5.91 Å². The van der Waals surface area contributed by atoms with E-state index in [0.29, 0.717) is 12.8 Å². The molecule has 1 rings (SSSR count). The van der Waals surface area contributed by atoms with Crippen LogP contribution < -0.4 is 5.32 Å². The van der Waals surface area contributed by atoms with E-state index >= 15 is 0 Å². The third-order valence-corrected chi connectivity index (χ3v) is 14.7. The second kappa shape index (κ2) is 53.0. The van der Waals surface area contributed by atoms with Crippen LogP contribution in [0.3, 0.4) is 0 Å². The van der Waals surface area contributed by atoms with Crippen LogP contribution in [0.1, 0.15) is 278 Å². The molecule has 0 aromatic heterocycles. The first-order valence-electron chi connectivity index (χ1n) is 31.6. The van der Waals surface area contributed by atoms with Crippen LogP contribution in [0.15, 0.2) is 60.8 Å². The molecule has 1 amide bonds. The first kappa shape index (κ1) is 71.4. The number of ether oxygens (including phenoxy) is 3. The second-order valence-electron chi connectivity index (χ2n) is 21.8. The largest absolute Gasteiger partial charge is 0.454 e. The average molecular weight is 1070 g/mol. The Morgan fingerprint density at radius 2 is 0.947 bits per heavy atom. The number of hydrogen-bond acceptors (Lipinski definition) is 10. The molecule has 1 fully saturated rings. The molecule has 1 aliphatic heterocycles. The van der Waals surface area contributed by atoms with Gasteiger partial charge < -0.3 is 45.1 Å². The summed E-state index contributed by atoms with van der Waals surface area (Å²) < 4.78 is 17.6. The average Bonchev–Trinajstić information content (AvgIpc) is 3.42. The summed E-state index contributed by atoms with van der Waals surface area (Å²) in [6, 6.07) is -1.03. The molecule has 0 saturated carbocycles. The first-order valence-corrected chi connectivity index (χ1v) is 31.6. The van der Waals surface area contributed by atoms with E-state index in [1.165, 1.54) is 135 Å². The number of carbonyl (C=O) groups is 2. The van der Waals surface area contributed by atoms with Gasteiger partial charge >= 0.3 is 5.97 Å². The molecule has 76 heavy (non-hydrogen) atoms. The molecule has 0 bridgehead atoms. The first-order chi connectivity index (χ1) is 37.2. The summed E-state index contributed by atoms with van der Waals surface area (Å²) in [4.78, 5) is 26.5. The molecule has 11 heteroatoms. The van der Waals surface area contributed by atoms with Gasteiger partial charge in [0.1, 0.15) is 24.4 Å². The number of hydrogen-bond donors (Lipinski definition) is 6. The zero-order valence-electron chi connectivity index (χ0n) is 48.9. The minimum Gasteiger partial charge on any atom is -0.454 e. The predicted octanol–water partition coefficient (Wildman–Crippen LogP) is 15.0. The molecule has 0 spiro atoms. The van der Waals surface area contributed by atoms with E-state index in [-0.39, 0.29) is 19.4 Å². The van der Waals surface area contributed by atoms with Gasteiger partial charge in [0.05, 0.1) is 25.4 Å². The van der Waals surface area contributed by atoms with Crippen LogP contribution in [0.4, 0.5) is 0 Å². The van der Waals surface area contributed by atoms with Crippen LogP contribution in [0.5, 0.6) is 0 Å². The fourth-order valence-corrected chi connectivity index (χ4v) is 9.61. The summed E-state index contributed by atoms with van der Waals surface area (Å²) >= 11 is 0. The van der Waals surface area contributed by atoms with E-state index in [0.717, 1.165) is 96.3 Å². The number of rotatable bonds is 53. The minimum atomic E-state index is -1.62. The molecule has 8 atom stereocenters. The lowest BCUT2D eigenvalue weighted by Gasteiger charge is -2.41. The summed E-state index contributed by atoms with van der Waals surface area (Å²) in [5.41, 5.74) is 0. The van der Waals surface area contributed by atoms with Crippen molar-refractivity contribution < 1.29 is 49.3 Å². The standard InChI is InChI=1S/C65H117NO10/c1-4-7-10-13-16-19-22-25-27-28-29-30-31-33-34-37-40-43-46-49-52-58(69)64(73)66-56(57(68)51-48-45-42-39-36-24-21-18-15-12-9-6-3)55-74-65-63(62(72)61(71)59(54-67)75-65)76-60(70)53-50-47-44-41-38-35-32-26-23-20-17-14-11-8-5-2/h16-17,19-20,23,25-27,48,51,56-59,61-63,65,67-69,71-72H,4-15,18,21-22,24,28-47,49-50,52-55H2,1-3H3,(H,66,73)/b19-16-,20-17+,26-23+,27-25-,51-48+. The highest BCUT2D eigenvalue weighted by molar-refractivity contribution is 5.80. The fourth-order valence-electron chi connectivity index (χ4n) is 9.61. The van der Waals surface area contributed by atoms with Crippen LogP contribution in [0, 0.1) is 0 Å². The summed E-state index contributed by atoms with van der Waals surface area (Å²) in [5, 5.41) is 57.0. The maximum Gasteiger partial charge on any atom is 0.306 e. The number of allylic oxidation sites excluding steroid dienone is 9. The fraction of sp³-hybridized carbons (Fsp3) is 0.815.